The Labute approximate surface area is 142 Å². The van der Waals surface area contributed by atoms with Gasteiger partial charge in [0.2, 0.25) is 0 Å². The fourth-order valence-corrected chi connectivity index (χ4v) is 3.17. The monoisotopic (exact) mass is 376 g/mol. The molecule has 0 aromatic carbocycles. The first kappa shape index (κ1) is 17.5. The largest absolute Gasteiger partial charge is 0.418 e. The second-order valence-electron chi connectivity index (χ2n) is 5.48. The molecule has 1 aromatic heterocycles. The van der Waals surface area contributed by atoms with Gasteiger partial charge in [-0.05, 0) is 12.8 Å². The summed E-state index contributed by atoms with van der Waals surface area (Å²) >= 11 is 0. The molecule has 3 rings (SSSR count). The Balaban J connectivity index is 1.51. The van der Waals surface area contributed by atoms with Crippen LogP contribution in [0.25, 0.3) is 0 Å². The van der Waals surface area contributed by atoms with E-state index >= 15 is 0 Å². The number of hydrogen-bond donors (Lipinski definition) is 2. The number of nitrogens with zero attached hydrogens (tertiary/aromatic N) is 5. The lowest BCUT2D eigenvalue weighted by atomic mass is 10.0. The summed E-state index contributed by atoms with van der Waals surface area (Å²) in [6, 6.07) is -2.17. The molecule has 2 N–H and O–H groups in total. The van der Waals surface area contributed by atoms with E-state index in [1.165, 1.54) is 22.2 Å². The molecule has 25 heavy (non-hydrogen) atoms. The van der Waals surface area contributed by atoms with Crippen LogP contribution in [0.3, 0.4) is 0 Å². The molecule has 3 amide bonds. The number of nitrogens with one attached hydrogen (secondary N) is 1. The van der Waals surface area contributed by atoms with E-state index in [0.29, 0.717) is 24.4 Å². The number of hydroxylamine groups is 3. The van der Waals surface area contributed by atoms with Crippen LogP contribution in [0.1, 0.15) is 12.8 Å². The Bertz CT molecular complexity index is 738. The number of hydrogen-bond acceptors (Lipinski definition) is 8. The van der Waals surface area contributed by atoms with Crippen LogP contribution >= 0.6 is 0 Å². The molecule has 2 fully saturated rings. The molecule has 1 aromatic rings. The van der Waals surface area contributed by atoms with E-state index in [4.69, 9.17) is 9.39 Å². The van der Waals surface area contributed by atoms with Gasteiger partial charge in [0.15, 0.2) is 0 Å². The lowest BCUT2D eigenvalue weighted by Crippen LogP contribution is -2.49. The zero-order valence-electron chi connectivity index (χ0n) is 12.9. The van der Waals surface area contributed by atoms with Gasteiger partial charge in [-0.1, -0.05) is 0 Å². The number of aromatic nitrogens is 3. The van der Waals surface area contributed by atoms with Crippen molar-refractivity contribution in [2.24, 2.45) is 0 Å². The number of carbonyl (C=O) groups is 2. The molecule has 0 radical (unpaired) electrons. The van der Waals surface area contributed by atoms with Crippen molar-refractivity contribution in [3.8, 4) is 0 Å². The van der Waals surface area contributed by atoms with Crippen molar-refractivity contribution in [2.45, 2.75) is 31.5 Å². The van der Waals surface area contributed by atoms with Gasteiger partial charge in [-0.25, -0.2) is 15.3 Å². The summed E-state index contributed by atoms with van der Waals surface area (Å²) in [4.78, 5) is 34.4. The first-order valence-electron chi connectivity index (χ1n) is 7.36. The van der Waals surface area contributed by atoms with Gasteiger partial charge >= 0.3 is 16.4 Å². The van der Waals surface area contributed by atoms with E-state index in [1.807, 2.05) is 0 Å². The average molecular weight is 376 g/mol. The third-order valence-corrected chi connectivity index (χ3v) is 4.21. The van der Waals surface area contributed by atoms with Crippen molar-refractivity contribution in [3.05, 3.63) is 12.7 Å². The predicted octanol–water partition coefficient (Wildman–Crippen LogP) is -1.67. The maximum Gasteiger partial charge on any atom is 0.418 e. The number of fused-ring (bicyclic) bond motifs is 2. The van der Waals surface area contributed by atoms with E-state index in [1.54, 1.807) is 0 Å². The standard InChI is InChI=1S/C11H16N6O7S/c18-10(14-23-4-3-15-7-12-6-13-15)9-2-1-8-5-16(9)11(19)17(8)24-25(20,21)22/h6-9H,1-5H2,(H,14,18)(H,20,21,22)/t8-,9+/m1/s1. The van der Waals surface area contributed by atoms with Crippen LogP contribution in [-0.2, 0) is 30.9 Å². The van der Waals surface area contributed by atoms with E-state index in [9.17, 15) is 18.0 Å². The SMILES string of the molecule is O=C(NOCCn1cncn1)[C@@H]1CC[C@@H]2CN1C(=O)N2OS(=O)(=O)O. The summed E-state index contributed by atoms with van der Waals surface area (Å²) in [7, 11) is -4.82. The molecule has 0 spiro atoms. The highest BCUT2D eigenvalue weighted by Crippen LogP contribution is 2.30. The molecule has 2 atom stereocenters. The molecule has 2 saturated heterocycles. The zero-order valence-corrected chi connectivity index (χ0v) is 13.7. The van der Waals surface area contributed by atoms with E-state index in [2.05, 4.69) is 19.8 Å². The minimum absolute atomic E-state index is 0.116. The summed E-state index contributed by atoms with van der Waals surface area (Å²) in [6.07, 6.45) is 3.52. The number of rotatable bonds is 7. The Morgan fingerprint density at radius 2 is 2.24 bits per heavy atom. The quantitative estimate of drug-likeness (QED) is 0.322. The van der Waals surface area contributed by atoms with Gasteiger partial charge in [0, 0.05) is 6.54 Å². The van der Waals surface area contributed by atoms with Gasteiger partial charge in [0.1, 0.15) is 18.7 Å². The average Bonchev–Trinajstić information content (AvgIpc) is 3.14. The summed E-state index contributed by atoms with van der Waals surface area (Å²) in [5, 5.41) is 4.45. The molecule has 0 unspecified atom stereocenters. The van der Waals surface area contributed by atoms with Crippen LogP contribution < -0.4 is 5.48 Å². The third kappa shape index (κ3) is 4.04. The molecule has 0 saturated carbocycles. The smallest absolute Gasteiger partial charge is 0.309 e. The summed E-state index contributed by atoms with van der Waals surface area (Å²) in [6.45, 7) is 0.646. The van der Waals surface area contributed by atoms with Crippen LogP contribution in [0.15, 0.2) is 12.7 Å². The van der Waals surface area contributed by atoms with Gasteiger partial charge in [0.05, 0.1) is 19.2 Å². The molecule has 13 nitrogen and oxygen atoms in total. The number of amides is 3. The van der Waals surface area contributed by atoms with Crippen LogP contribution in [0.4, 0.5) is 4.79 Å². The second-order valence-corrected chi connectivity index (χ2v) is 6.49. The topological polar surface area (TPSA) is 156 Å². The van der Waals surface area contributed by atoms with Crippen LogP contribution in [0.5, 0.6) is 0 Å². The Hall–Kier alpha value is -2.29. The summed E-state index contributed by atoms with van der Waals surface area (Å²) in [5.74, 6) is -0.529. The van der Waals surface area contributed by atoms with Gasteiger partial charge in [0.25, 0.3) is 5.91 Å². The minimum atomic E-state index is -4.82. The van der Waals surface area contributed by atoms with Gasteiger partial charge in [-0.2, -0.15) is 18.6 Å². The molecule has 3 heterocycles. The van der Waals surface area contributed by atoms with Gasteiger partial charge in [-0.15, -0.1) is 4.28 Å². The minimum Gasteiger partial charge on any atom is -0.309 e. The fraction of sp³-hybridized carbons (Fsp3) is 0.636. The predicted molar refractivity (Wildman–Crippen MR) is 77.5 cm³/mol. The van der Waals surface area contributed by atoms with Crippen LogP contribution in [0, 0.1) is 0 Å². The molecule has 138 valence electrons. The molecule has 2 aliphatic rings. The van der Waals surface area contributed by atoms with E-state index < -0.39 is 34.4 Å². The Morgan fingerprint density at radius 3 is 2.92 bits per heavy atom. The maximum atomic E-state index is 12.2. The molecule has 2 aliphatic heterocycles. The van der Waals surface area contributed by atoms with Crippen molar-refractivity contribution in [2.75, 3.05) is 13.2 Å². The highest BCUT2D eigenvalue weighted by atomic mass is 32.3. The van der Waals surface area contributed by atoms with Gasteiger partial charge in [-0.3, -0.25) is 18.9 Å². The summed E-state index contributed by atoms with van der Waals surface area (Å²) in [5.41, 5.74) is 2.26. The first-order chi connectivity index (χ1) is 11.8. The second kappa shape index (κ2) is 6.91. The molecule has 14 heteroatoms. The van der Waals surface area contributed by atoms with E-state index in [-0.39, 0.29) is 13.2 Å². The highest BCUT2D eigenvalue weighted by Gasteiger charge is 2.49. The molecule has 0 aliphatic carbocycles. The van der Waals surface area contributed by atoms with Crippen molar-refractivity contribution < 1.29 is 31.7 Å². The van der Waals surface area contributed by atoms with Crippen molar-refractivity contribution in [1.29, 1.82) is 0 Å². The number of piperidine rings is 1. The fourth-order valence-electron chi connectivity index (χ4n) is 2.78. The first-order valence-corrected chi connectivity index (χ1v) is 8.72. The van der Waals surface area contributed by atoms with E-state index in [0.717, 1.165) is 0 Å². The van der Waals surface area contributed by atoms with Crippen LogP contribution in [-0.4, -0.2) is 74.9 Å². The lowest BCUT2D eigenvalue weighted by molar-refractivity contribution is -0.139. The molecular formula is C11H16N6O7S. The van der Waals surface area contributed by atoms with Crippen molar-refractivity contribution in [3.63, 3.8) is 0 Å². The van der Waals surface area contributed by atoms with Crippen LogP contribution in [0.2, 0.25) is 0 Å². The lowest BCUT2D eigenvalue weighted by Gasteiger charge is -2.28. The molecular weight excluding hydrogens is 360 g/mol. The third-order valence-electron chi connectivity index (χ3n) is 3.86. The normalized spacial score (nSPS) is 23.2. The van der Waals surface area contributed by atoms with Crippen molar-refractivity contribution in [1.82, 2.24) is 30.2 Å². The summed E-state index contributed by atoms with van der Waals surface area (Å²) < 4.78 is 36.2. The van der Waals surface area contributed by atoms with Gasteiger partial charge < -0.3 is 4.90 Å². The molecule has 2 bridgehead atoms. The zero-order chi connectivity index (χ0) is 18.0. The maximum absolute atomic E-state index is 12.2. The Morgan fingerprint density at radius 1 is 1.44 bits per heavy atom. The Kier molecular flexibility index (Phi) is 4.85. The van der Waals surface area contributed by atoms with Crippen molar-refractivity contribution >= 4 is 22.3 Å². The number of urea groups is 1. The highest BCUT2D eigenvalue weighted by molar-refractivity contribution is 7.80. The number of carbonyl (C=O) groups excluding carboxylic acids is 2.